The first-order valence-corrected chi connectivity index (χ1v) is 6.97. The van der Waals surface area contributed by atoms with Crippen LogP contribution >= 0.6 is 0 Å². The first-order valence-electron chi connectivity index (χ1n) is 6.97. The van der Waals surface area contributed by atoms with Gasteiger partial charge in [-0.05, 0) is 19.3 Å². The first kappa shape index (κ1) is 16.0. The molecule has 0 aliphatic heterocycles. The van der Waals surface area contributed by atoms with Crippen molar-refractivity contribution in [3.8, 4) is 0 Å². The second-order valence-electron chi connectivity index (χ2n) is 5.80. The van der Waals surface area contributed by atoms with E-state index in [1.54, 1.807) is 6.92 Å². The molecule has 19 heavy (non-hydrogen) atoms. The Morgan fingerprint density at radius 2 is 2.00 bits per heavy atom. The van der Waals surface area contributed by atoms with Crippen LogP contribution in [-0.4, -0.2) is 36.2 Å². The molecular weight excluding hydrogens is 246 g/mol. The third-order valence-corrected chi connectivity index (χ3v) is 3.70. The zero-order chi connectivity index (χ0) is 14.3. The monoisotopic (exact) mass is 271 g/mol. The second kappa shape index (κ2) is 7.48. The number of ether oxygens (including phenoxy) is 1. The van der Waals surface area contributed by atoms with Gasteiger partial charge in [0.1, 0.15) is 0 Å². The van der Waals surface area contributed by atoms with E-state index < -0.39 is 11.5 Å². The van der Waals surface area contributed by atoms with Crippen LogP contribution in [0.4, 0.5) is 0 Å². The molecule has 110 valence electrons. The number of carbonyl (C=O) groups excluding carboxylic acids is 1. The number of aliphatic carboxylic acids is 1. The van der Waals surface area contributed by atoms with Crippen molar-refractivity contribution in [2.24, 2.45) is 5.92 Å². The number of hydrogen-bond donors (Lipinski definition) is 2. The number of methoxy groups -OCH3 is 1. The van der Waals surface area contributed by atoms with E-state index in [0.29, 0.717) is 12.3 Å². The first-order chi connectivity index (χ1) is 8.95. The molecule has 0 aromatic heterocycles. The van der Waals surface area contributed by atoms with Crippen molar-refractivity contribution in [3.05, 3.63) is 0 Å². The summed E-state index contributed by atoms with van der Waals surface area (Å²) < 4.78 is 5.01. The van der Waals surface area contributed by atoms with Crippen molar-refractivity contribution in [3.63, 3.8) is 0 Å². The lowest BCUT2D eigenvalue weighted by Gasteiger charge is -2.28. The highest BCUT2D eigenvalue weighted by Crippen LogP contribution is 2.28. The highest BCUT2D eigenvalue weighted by Gasteiger charge is 2.29. The Labute approximate surface area is 114 Å². The molecule has 1 rings (SSSR count). The van der Waals surface area contributed by atoms with Gasteiger partial charge in [-0.25, -0.2) is 0 Å². The molecule has 2 N–H and O–H groups in total. The van der Waals surface area contributed by atoms with E-state index in [2.05, 4.69) is 5.32 Å². The van der Waals surface area contributed by atoms with Crippen LogP contribution in [0.3, 0.4) is 0 Å². The highest BCUT2D eigenvalue weighted by molar-refractivity contribution is 5.78. The molecule has 0 aromatic rings. The summed E-state index contributed by atoms with van der Waals surface area (Å²) in [6.07, 6.45) is 6.23. The topological polar surface area (TPSA) is 75.6 Å². The molecule has 1 saturated carbocycles. The molecule has 0 heterocycles. The van der Waals surface area contributed by atoms with Crippen molar-refractivity contribution in [1.29, 1.82) is 0 Å². The van der Waals surface area contributed by atoms with Gasteiger partial charge >= 0.3 is 5.97 Å². The van der Waals surface area contributed by atoms with Crippen molar-refractivity contribution in [1.82, 2.24) is 5.32 Å². The van der Waals surface area contributed by atoms with Gasteiger partial charge in [-0.15, -0.1) is 0 Å². The Kier molecular flexibility index (Phi) is 6.28. The van der Waals surface area contributed by atoms with E-state index >= 15 is 0 Å². The van der Waals surface area contributed by atoms with Gasteiger partial charge in [-0.1, -0.05) is 25.7 Å². The minimum absolute atomic E-state index is 0.0762. The smallest absolute Gasteiger partial charge is 0.305 e. The summed E-state index contributed by atoms with van der Waals surface area (Å²) >= 11 is 0. The molecule has 0 spiro atoms. The standard InChI is InChI=1S/C14H25NO4/c1-14(10-19-2,9-13(17)18)15-12(16)8-7-11-5-3-4-6-11/h11H,3-10H2,1-2H3,(H,15,16)(H,17,18). The van der Waals surface area contributed by atoms with Crippen molar-refractivity contribution >= 4 is 11.9 Å². The van der Waals surface area contributed by atoms with E-state index in [0.717, 1.165) is 6.42 Å². The number of rotatable bonds is 8. The maximum Gasteiger partial charge on any atom is 0.305 e. The molecule has 1 fully saturated rings. The summed E-state index contributed by atoms with van der Waals surface area (Å²) in [7, 11) is 1.50. The predicted molar refractivity (Wildman–Crippen MR) is 71.9 cm³/mol. The summed E-state index contributed by atoms with van der Waals surface area (Å²) in [6, 6.07) is 0. The summed E-state index contributed by atoms with van der Waals surface area (Å²) in [4.78, 5) is 22.7. The van der Waals surface area contributed by atoms with Crippen molar-refractivity contribution in [2.45, 2.75) is 57.4 Å². The Balaban J connectivity index is 2.39. The van der Waals surface area contributed by atoms with Crippen molar-refractivity contribution in [2.75, 3.05) is 13.7 Å². The van der Waals surface area contributed by atoms with Crippen LogP contribution in [0, 0.1) is 5.92 Å². The van der Waals surface area contributed by atoms with Crippen LogP contribution in [0.1, 0.15) is 51.9 Å². The fraction of sp³-hybridized carbons (Fsp3) is 0.857. The van der Waals surface area contributed by atoms with Crippen LogP contribution in [0.2, 0.25) is 0 Å². The van der Waals surface area contributed by atoms with Gasteiger partial charge in [-0.3, -0.25) is 9.59 Å². The summed E-state index contributed by atoms with van der Waals surface area (Å²) in [5, 5.41) is 11.7. The summed E-state index contributed by atoms with van der Waals surface area (Å²) in [6.45, 7) is 1.91. The molecule has 0 radical (unpaired) electrons. The van der Waals surface area contributed by atoms with E-state index in [9.17, 15) is 9.59 Å². The van der Waals surface area contributed by atoms with Crippen molar-refractivity contribution < 1.29 is 19.4 Å². The average Bonchev–Trinajstić information content (AvgIpc) is 2.77. The number of carboxylic acids is 1. The lowest BCUT2D eigenvalue weighted by molar-refractivity contribution is -0.139. The minimum atomic E-state index is -0.935. The second-order valence-corrected chi connectivity index (χ2v) is 5.80. The Hall–Kier alpha value is -1.10. The van der Waals surface area contributed by atoms with Crippen LogP contribution in [-0.2, 0) is 14.3 Å². The Morgan fingerprint density at radius 1 is 1.37 bits per heavy atom. The van der Waals surface area contributed by atoms with E-state index in [4.69, 9.17) is 9.84 Å². The molecule has 0 aromatic carbocycles. The maximum atomic E-state index is 11.9. The van der Waals surface area contributed by atoms with Crippen LogP contribution in [0.15, 0.2) is 0 Å². The van der Waals surface area contributed by atoms with Gasteiger partial charge in [0, 0.05) is 13.5 Å². The third-order valence-electron chi connectivity index (χ3n) is 3.70. The number of carbonyl (C=O) groups is 2. The van der Waals surface area contributed by atoms with E-state index in [-0.39, 0.29) is 18.9 Å². The van der Waals surface area contributed by atoms with E-state index in [1.807, 2.05) is 0 Å². The number of nitrogens with one attached hydrogen (secondary N) is 1. The highest BCUT2D eigenvalue weighted by atomic mass is 16.5. The molecule has 0 bridgehead atoms. The molecule has 5 nitrogen and oxygen atoms in total. The quantitative estimate of drug-likeness (QED) is 0.707. The number of amides is 1. The Bertz CT molecular complexity index is 313. The lowest BCUT2D eigenvalue weighted by Crippen LogP contribution is -2.50. The average molecular weight is 271 g/mol. The molecular formula is C14H25NO4. The maximum absolute atomic E-state index is 11.9. The zero-order valence-corrected chi connectivity index (χ0v) is 11.9. The lowest BCUT2D eigenvalue weighted by atomic mass is 9.97. The van der Waals surface area contributed by atoms with Crippen LogP contribution in [0.5, 0.6) is 0 Å². The molecule has 0 saturated heterocycles. The molecule has 5 heteroatoms. The van der Waals surface area contributed by atoms with Gasteiger partial charge in [-0.2, -0.15) is 0 Å². The summed E-state index contributed by atoms with van der Waals surface area (Å²) in [5.74, 6) is -0.345. The largest absolute Gasteiger partial charge is 0.481 e. The molecule has 1 aliphatic rings. The minimum Gasteiger partial charge on any atom is -0.481 e. The van der Waals surface area contributed by atoms with E-state index in [1.165, 1.54) is 32.8 Å². The van der Waals surface area contributed by atoms with Gasteiger partial charge in [0.2, 0.25) is 5.91 Å². The molecule has 1 amide bonds. The molecule has 1 atom stereocenters. The molecule has 1 aliphatic carbocycles. The fourth-order valence-electron chi connectivity index (χ4n) is 2.82. The van der Waals surface area contributed by atoms with Gasteiger partial charge in [0.15, 0.2) is 0 Å². The fourth-order valence-corrected chi connectivity index (χ4v) is 2.82. The normalized spacial score (nSPS) is 19.1. The molecule has 1 unspecified atom stereocenters. The summed E-state index contributed by atoms with van der Waals surface area (Å²) in [5.41, 5.74) is -0.826. The number of hydrogen-bond acceptors (Lipinski definition) is 3. The van der Waals surface area contributed by atoms with Gasteiger partial charge in [0.05, 0.1) is 18.6 Å². The van der Waals surface area contributed by atoms with Crippen LogP contribution in [0.25, 0.3) is 0 Å². The predicted octanol–water partition coefficient (Wildman–Crippen LogP) is 1.95. The van der Waals surface area contributed by atoms with Gasteiger partial charge in [0.25, 0.3) is 0 Å². The van der Waals surface area contributed by atoms with Gasteiger partial charge < -0.3 is 15.2 Å². The van der Waals surface area contributed by atoms with Crippen LogP contribution < -0.4 is 5.32 Å². The third kappa shape index (κ3) is 6.05. The SMILES string of the molecule is COCC(C)(CC(=O)O)NC(=O)CCC1CCCC1. The zero-order valence-electron chi connectivity index (χ0n) is 11.9. The number of carboxylic acid groups (broad SMARTS) is 1. The Morgan fingerprint density at radius 3 is 2.53 bits per heavy atom.